The molecule has 1 aromatic heterocycles. The Morgan fingerprint density at radius 3 is 2.17 bits per heavy atom. The zero-order chi connectivity index (χ0) is 21.6. The van der Waals surface area contributed by atoms with Crippen LogP contribution in [0.15, 0.2) is 0 Å². The Morgan fingerprint density at radius 1 is 1.07 bits per heavy atom. The molecule has 0 aliphatic heterocycles. The zero-order valence-electron chi connectivity index (χ0n) is 18.3. The van der Waals surface area contributed by atoms with Crippen LogP contribution in [0, 0.1) is 37.0 Å². The molecule has 164 valence electrons. The van der Waals surface area contributed by atoms with Gasteiger partial charge in [-0.3, -0.25) is 4.79 Å². The van der Waals surface area contributed by atoms with E-state index in [1.165, 1.54) is 45.6 Å². The van der Waals surface area contributed by atoms with Gasteiger partial charge in [0, 0.05) is 11.7 Å². The van der Waals surface area contributed by atoms with Gasteiger partial charge in [-0.15, -0.1) is 0 Å². The van der Waals surface area contributed by atoms with E-state index in [1.54, 1.807) is 13.8 Å². The fourth-order valence-corrected chi connectivity index (χ4v) is 6.71. The van der Waals surface area contributed by atoms with Crippen LogP contribution in [-0.4, -0.2) is 42.6 Å². The van der Waals surface area contributed by atoms with Gasteiger partial charge in [-0.1, -0.05) is 0 Å². The summed E-state index contributed by atoms with van der Waals surface area (Å²) in [4.78, 5) is 39.7. The molecule has 5 rings (SSSR count). The quantitative estimate of drug-likeness (QED) is 0.694. The number of amides is 1. The van der Waals surface area contributed by atoms with Crippen LogP contribution in [0.25, 0.3) is 0 Å². The summed E-state index contributed by atoms with van der Waals surface area (Å²) in [5.74, 6) is 1.01. The number of esters is 2. The maximum atomic E-state index is 12.5. The van der Waals surface area contributed by atoms with Crippen molar-refractivity contribution in [1.82, 2.24) is 10.3 Å². The van der Waals surface area contributed by atoms with E-state index in [0.717, 1.165) is 17.8 Å². The molecule has 7 heteroatoms. The molecule has 1 aromatic rings. The van der Waals surface area contributed by atoms with E-state index < -0.39 is 11.9 Å². The van der Waals surface area contributed by atoms with Crippen molar-refractivity contribution in [1.29, 1.82) is 0 Å². The van der Waals surface area contributed by atoms with E-state index in [9.17, 15) is 14.4 Å². The van der Waals surface area contributed by atoms with E-state index in [-0.39, 0.29) is 29.7 Å². The predicted octanol–water partition coefficient (Wildman–Crippen LogP) is 3.30. The van der Waals surface area contributed by atoms with Crippen LogP contribution in [0.1, 0.15) is 77.6 Å². The van der Waals surface area contributed by atoms with Gasteiger partial charge in [-0.25, -0.2) is 9.59 Å². The Kier molecular flexibility index (Phi) is 5.41. The molecule has 4 fully saturated rings. The van der Waals surface area contributed by atoms with E-state index in [2.05, 4.69) is 17.2 Å². The number of aromatic nitrogens is 1. The first-order valence-electron chi connectivity index (χ1n) is 11.0. The van der Waals surface area contributed by atoms with E-state index >= 15 is 0 Å². The van der Waals surface area contributed by atoms with Crippen molar-refractivity contribution in [2.75, 3.05) is 13.7 Å². The number of ether oxygens (including phenoxy) is 2. The summed E-state index contributed by atoms with van der Waals surface area (Å²) in [6.07, 6.45) is 7.70. The largest absolute Gasteiger partial charge is 0.465 e. The van der Waals surface area contributed by atoms with Crippen LogP contribution in [-0.2, 0) is 14.3 Å². The molecule has 0 aromatic carbocycles. The number of aryl methyl sites for hydroxylation is 1. The molecule has 1 amide bonds. The summed E-state index contributed by atoms with van der Waals surface area (Å²) in [5.41, 5.74) is 1.70. The monoisotopic (exact) mass is 416 g/mol. The lowest BCUT2D eigenvalue weighted by molar-refractivity contribution is -0.128. The highest BCUT2D eigenvalue weighted by atomic mass is 16.5. The minimum Gasteiger partial charge on any atom is -0.465 e. The lowest BCUT2D eigenvalue weighted by Gasteiger charge is -2.59. The summed E-state index contributed by atoms with van der Waals surface area (Å²) >= 11 is 0. The predicted molar refractivity (Wildman–Crippen MR) is 110 cm³/mol. The number of aromatic amines is 1. The van der Waals surface area contributed by atoms with E-state index in [4.69, 9.17) is 9.47 Å². The first-order valence-corrected chi connectivity index (χ1v) is 11.0. The molecule has 30 heavy (non-hydrogen) atoms. The van der Waals surface area contributed by atoms with Gasteiger partial charge in [0.05, 0.1) is 12.7 Å². The molecule has 4 bridgehead atoms. The molecule has 0 saturated heterocycles. The molecule has 0 spiro atoms. The number of carbonyl (C=O) groups is 3. The van der Waals surface area contributed by atoms with Crippen LogP contribution >= 0.6 is 0 Å². The number of H-pyrrole nitrogens is 1. The van der Waals surface area contributed by atoms with Crippen LogP contribution in [0.3, 0.4) is 0 Å². The molecule has 4 saturated carbocycles. The minimum atomic E-state index is -0.650. The summed E-state index contributed by atoms with van der Waals surface area (Å²) in [5, 5.41) is 3.10. The van der Waals surface area contributed by atoms with Gasteiger partial charge in [0.2, 0.25) is 0 Å². The van der Waals surface area contributed by atoms with Gasteiger partial charge in [0.15, 0.2) is 6.61 Å². The lowest BCUT2D eigenvalue weighted by Crippen LogP contribution is -2.56. The first kappa shape index (κ1) is 20.9. The summed E-state index contributed by atoms with van der Waals surface area (Å²) in [7, 11) is 1.29. The minimum absolute atomic E-state index is 0.0810. The summed E-state index contributed by atoms with van der Waals surface area (Å²) < 4.78 is 10.00. The van der Waals surface area contributed by atoms with Crippen molar-refractivity contribution in [2.24, 2.45) is 23.2 Å². The molecule has 0 radical (unpaired) electrons. The average molecular weight is 417 g/mol. The normalized spacial score (nSPS) is 30.1. The first-order chi connectivity index (χ1) is 14.2. The molecular formula is C23H32N2O5. The van der Waals surface area contributed by atoms with Gasteiger partial charge in [-0.05, 0) is 88.0 Å². The van der Waals surface area contributed by atoms with Crippen LogP contribution < -0.4 is 5.32 Å². The average Bonchev–Trinajstić information content (AvgIpc) is 2.98. The Bertz CT molecular complexity index is 836. The highest BCUT2D eigenvalue weighted by molar-refractivity contribution is 5.99. The third-order valence-electron chi connectivity index (χ3n) is 7.75. The van der Waals surface area contributed by atoms with Crippen LogP contribution in [0.2, 0.25) is 0 Å². The number of hydrogen-bond donors (Lipinski definition) is 2. The van der Waals surface area contributed by atoms with Gasteiger partial charge in [-0.2, -0.15) is 0 Å². The molecule has 1 heterocycles. The zero-order valence-corrected chi connectivity index (χ0v) is 18.3. The lowest BCUT2D eigenvalue weighted by atomic mass is 9.48. The highest BCUT2D eigenvalue weighted by Gasteiger charge is 2.53. The maximum absolute atomic E-state index is 12.5. The van der Waals surface area contributed by atoms with Crippen molar-refractivity contribution in [2.45, 2.75) is 65.3 Å². The maximum Gasteiger partial charge on any atom is 0.355 e. The van der Waals surface area contributed by atoms with Gasteiger partial charge in [0.25, 0.3) is 5.91 Å². The second-order valence-corrected chi connectivity index (χ2v) is 9.76. The third-order valence-corrected chi connectivity index (χ3v) is 7.75. The van der Waals surface area contributed by atoms with E-state index in [1.807, 2.05) is 0 Å². The second kappa shape index (κ2) is 7.75. The summed E-state index contributed by atoms with van der Waals surface area (Å²) in [6.45, 7) is 5.12. The van der Waals surface area contributed by atoms with Crippen LogP contribution in [0.5, 0.6) is 0 Å². The van der Waals surface area contributed by atoms with Crippen molar-refractivity contribution in [3.8, 4) is 0 Å². The smallest absolute Gasteiger partial charge is 0.355 e. The molecular weight excluding hydrogens is 384 g/mol. The highest BCUT2D eigenvalue weighted by Crippen LogP contribution is 2.61. The van der Waals surface area contributed by atoms with Crippen molar-refractivity contribution >= 4 is 17.8 Å². The second-order valence-electron chi connectivity index (χ2n) is 9.76. The number of rotatable bonds is 6. The number of methoxy groups -OCH3 is 1. The summed E-state index contributed by atoms with van der Waals surface area (Å²) in [6, 6.07) is 0.0810. The fraction of sp³-hybridized carbons (Fsp3) is 0.696. The van der Waals surface area contributed by atoms with Crippen molar-refractivity contribution in [3.63, 3.8) is 0 Å². The van der Waals surface area contributed by atoms with E-state index in [0.29, 0.717) is 16.8 Å². The fourth-order valence-electron chi connectivity index (χ4n) is 6.71. The third kappa shape index (κ3) is 3.63. The van der Waals surface area contributed by atoms with Crippen LogP contribution in [0.4, 0.5) is 0 Å². The Morgan fingerprint density at radius 2 is 1.63 bits per heavy atom. The number of hydrogen-bond acceptors (Lipinski definition) is 5. The Hall–Kier alpha value is -2.31. The van der Waals surface area contributed by atoms with Crippen molar-refractivity contribution in [3.05, 3.63) is 22.5 Å². The SMILES string of the molecule is COC(=O)c1c(C)[nH]c(C(=O)OCC(=O)NC(C)C23CC4CC(CC(C4)C2)C3)c1C. The molecule has 1 unspecified atom stereocenters. The topological polar surface area (TPSA) is 97.5 Å². The van der Waals surface area contributed by atoms with Gasteiger partial charge in [0.1, 0.15) is 5.69 Å². The molecule has 4 aliphatic rings. The Labute approximate surface area is 177 Å². The molecule has 7 nitrogen and oxygen atoms in total. The molecule has 2 N–H and O–H groups in total. The number of nitrogens with one attached hydrogen (secondary N) is 2. The van der Waals surface area contributed by atoms with Gasteiger partial charge < -0.3 is 19.8 Å². The van der Waals surface area contributed by atoms with Gasteiger partial charge >= 0.3 is 11.9 Å². The molecule has 1 atom stereocenters. The number of carbonyl (C=O) groups excluding carboxylic acids is 3. The standard InChI is InChI=1S/C23H32N2O5/c1-12-19(21(27)29-4)13(2)24-20(12)22(28)30-11-18(26)25-14(3)23-8-15-5-16(9-23)7-17(6-15)10-23/h14-17,24H,5-11H2,1-4H3,(H,25,26). The Balaban J connectivity index is 1.34. The molecule has 4 aliphatic carbocycles. The van der Waals surface area contributed by atoms with Crippen molar-refractivity contribution < 1.29 is 23.9 Å².